The molecule has 2 rings (SSSR count). The predicted molar refractivity (Wildman–Crippen MR) is 71.2 cm³/mol. The minimum absolute atomic E-state index is 0.408. The lowest BCUT2D eigenvalue weighted by Crippen LogP contribution is -1.97. The van der Waals surface area contributed by atoms with E-state index in [-0.39, 0.29) is 0 Å². The lowest BCUT2D eigenvalue weighted by molar-refractivity contribution is 0.355. The average molecular weight is 311 g/mol. The van der Waals surface area contributed by atoms with E-state index in [9.17, 15) is 4.79 Å². The highest BCUT2D eigenvalue weighted by Gasteiger charge is 2.08. The number of halogens is 1. The van der Waals surface area contributed by atoms with Gasteiger partial charge < -0.3 is 13.9 Å². The highest BCUT2D eigenvalue weighted by molar-refractivity contribution is 9.10. The van der Waals surface area contributed by atoms with Gasteiger partial charge in [0.15, 0.2) is 11.5 Å². The van der Waals surface area contributed by atoms with Crippen molar-refractivity contribution in [2.45, 2.75) is 0 Å². The molecule has 0 aliphatic carbocycles. The normalized spacial score (nSPS) is 10.2. The van der Waals surface area contributed by atoms with E-state index >= 15 is 0 Å². The third kappa shape index (κ3) is 2.56. The third-order valence-electron chi connectivity index (χ3n) is 2.40. The molecule has 0 unspecified atom stereocenters. The fourth-order valence-electron chi connectivity index (χ4n) is 1.58. The van der Waals surface area contributed by atoms with Gasteiger partial charge in [-0.25, -0.2) is 4.79 Å². The van der Waals surface area contributed by atoms with Crippen molar-refractivity contribution in [2.24, 2.45) is 0 Å². The number of benzene rings is 1. The third-order valence-corrected chi connectivity index (χ3v) is 2.86. The van der Waals surface area contributed by atoms with Crippen molar-refractivity contribution in [1.29, 1.82) is 0 Å². The van der Waals surface area contributed by atoms with E-state index in [1.54, 1.807) is 38.5 Å². The van der Waals surface area contributed by atoms with E-state index in [0.717, 1.165) is 5.56 Å². The Balaban J connectivity index is 2.54. The van der Waals surface area contributed by atoms with Crippen LogP contribution in [0.2, 0.25) is 0 Å². The van der Waals surface area contributed by atoms with Gasteiger partial charge in [0.2, 0.25) is 0 Å². The van der Waals surface area contributed by atoms with Crippen LogP contribution in [-0.2, 0) is 0 Å². The quantitative estimate of drug-likeness (QED) is 0.874. The molecule has 1 heterocycles. The highest BCUT2D eigenvalue weighted by atomic mass is 79.9. The largest absolute Gasteiger partial charge is 0.493 e. The molecule has 1 aromatic heterocycles. The second-order valence-electron chi connectivity index (χ2n) is 3.53. The maximum absolute atomic E-state index is 11.3. The first-order valence-corrected chi connectivity index (χ1v) is 5.96. The SMILES string of the molecule is COc1ccc(-c2cc(Br)cc(=O)o2)cc1OC. The minimum Gasteiger partial charge on any atom is -0.493 e. The first-order chi connectivity index (χ1) is 8.63. The minimum atomic E-state index is -0.408. The summed E-state index contributed by atoms with van der Waals surface area (Å²) in [5.74, 6) is 1.67. The maximum Gasteiger partial charge on any atom is 0.337 e. The second kappa shape index (κ2) is 5.27. The fraction of sp³-hybridized carbons (Fsp3) is 0.154. The Morgan fingerprint density at radius 2 is 1.78 bits per heavy atom. The van der Waals surface area contributed by atoms with Gasteiger partial charge in [0, 0.05) is 16.1 Å². The molecule has 0 saturated heterocycles. The Labute approximate surface area is 112 Å². The van der Waals surface area contributed by atoms with Gasteiger partial charge in [-0.15, -0.1) is 0 Å². The molecule has 4 nitrogen and oxygen atoms in total. The van der Waals surface area contributed by atoms with Crippen LogP contribution in [0.3, 0.4) is 0 Å². The summed E-state index contributed by atoms with van der Waals surface area (Å²) < 4.78 is 16.2. The highest BCUT2D eigenvalue weighted by Crippen LogP contribution is 2.32. The summed E-state index contributed by atoms with van der Waals surface area (Å²) in [6.45, 7) is 0. The van der Waals surface area contributed by atoms with Crippen molar-refractivity contribution < 1.29 is 13.9 Å². The molecule has 0 N–H and O–H groups in total. The molecule has 0 atom stereocenters. The zero-order valence-corrected chi connectivity index (χ0v) is 11.5. The molecule has 0 aliphatic heterocycles. The standard InChI is InChI=1S/C13H11BrO4/c1-16-10-4-3-8(5-12(10)17-2)11-6-9(14)7-13(15)18-11/h3-7H,1-2H3. The summed E-state index contributed by atoms with van der Waals surface area (Å²) in [4.78, 5) is 11.3. The molecule has 0 radical (unpaired) electrons. The van der Waals surface area contributed by atoms with Crippen molar-refractivity contribution in [3.8, 4) is 22.8 Å². The summed E-state index contributed by atoms with van der Waals surface area (Å²) in [5.41, 5.74) is 0.334. The van der Waals surface area contributed by atoms with Crippen LogP contribution in [0.4, 0.5) is 0 Å². The van der Waals surface area contributed by atoms with Crippen molar-refractivity contribution in [3.63, 3.8) is 0 Å². The van der Waals surface area contributed by atoms with Crippen LogP contribution >= 0.6 is 15.9 Å². The van der Waals surface area contributed by atoms with Crippen LogP contribution in [0.1, 0.15) is 0 Å². The van der Waals surface area contributed by atoms with Gasteiger partial charge in [-0.1, -0.05) is 15.9 Å². The Bertz CT molecular complexity index is 619. The molecule has 0 amide bonds. The van der Waals surface area contributed by atoms with Crippen LogP contribution < -0.4 is 15.1 Å². The Morgan fingerprint density at radius 1 is 1.06 bits per heavy atom. The number of methoxy groups -OCH3 is 2. The molecule has 0 spiro atoms. The maximum atomic E-state index is 11.3. The van der Waals surface area contributed by atoms with Crippen LogP contribution in [0, 0.1) is 0 Å². The summed E-state index contributed by atoms with van der Waals surface area (Å²) in [5, 5.41) is 0. The van der Waals surface area contributed by atoms with Gasteiger partial charge in [-0.2, -0.15) is 0 Å². The van der Waals surface area contributed by atoms with E-state index in [4.69, 9.17) is 13.9 Å². The number of rotatable bonds is 3. The van der Waals surface area contributed by atoms with Crippen molar-refractivity contribution in [3.05, 3.63) is 45.2 Å². The zero-order valence-electron chi connectivity index (χ0n) is 9.90. The fourth-order valence-corrected chi connectivity index (χ4v) is 1.97. The Kier molecular flexibility index (Phi) is 3.72. The molecule has 18 heavy (non-hydrogen) atoms. The van der Waals surface area contributed by atoms with Gasteiger partial charge in [-0.05, 0) is 24.3 Å². The molecule has 0 saturated carbocycles. The summed E-state index contributed by atoms with van der Waals surface area (Å²) in [6.07, 6.45) is 0. The van der Waals surface area contributed by atoms with Crippen LogP contribution in [0.15, 0.2) is 44.0 Å². The van der Waals surface area contributed by atoms with Crippen molar-refractivity contribution in [2.75, 3.05) is 14.2 Å². The van der Waals surface area contributed by atoms with Crippen LogP contribution in [0.25, 0.3) is 11.3 Å². The van der Waals surface area contributed by atoms with Gasteiger partial charge in [0.25, 0.3) is 0 Å². The molecular formula is C13H11BrO4. The molecule has 2 aromatic rings. The molecular weight excluding hydrogens is 300 g/mol. The van der Waals surface area contributed by atoms with E-state index in [2.05, 4.69) is 15.9 Å². The number of hydrogen-bond acceptors (Lipinski definition) is 4. The van der Waals surface area contributed by atoms with E-state index < -0.39 is 5.63 Å². The molecule has 0 aliphatic rings. The first kappa shape index (κ1) is 12.7. The topological polar surface area (TPSA) is 48.7 Å². The second-order valence-corrected chi connectivity index (χ2v) is 4.44. The molecule has 1 aromatic carbocycles. The lowest BCUT2D eigenvalue weighted by atomic mass is 10.1. The van der Waals surface area contributed by atoms with E-state index in [0.29, 0.717) is 21.7 Å². The number of ether oxygens (including phenoxy) is 2. The molecule has 0 bridgehead atoms. The summed E-state index contributed by atoms with van der Waals surface area (Å²) in [7, 11) is 3.12. The molecule has 94 valence electrons. The zero-order chi connectivity index (χ0) is 13.1. The monoisotopic (exact) mass is 310 g/mol. The number of hydrogen-bond donors (Lipinski definition) is 0. The summed E-state index contributed by atoms with van der Waals surface area (Å²) in [6, 6.07) is 8.40. The van der Waals surface area contributed by atoms with Crippen molar-refractivity contribution >= 4 is 15.9 Å². The van der Waals surface area contributed by atoms with Crippen molar-refractivity contribution in [1.82, 2.24) is 0 Å². The first-order valence-electron chi connectivity index (χ1n) is 5.17. The van der Waals surface area contributed by atoms with E-state index in [1.165, 1.54) is 6.07 Å². The predicted octanol–water partition coefficient (Wildman–Crippen LogP) is 3.09. The van der Waals surface area contributed by atoms with Gasteiger partial charge >= 0.3 is 5.63 Å². The molecule has 0 fully saturated rings. The van der Waals surface area contributed by atoms with E-state index in [1.807, 2.05) is 0 Å². The lowest BCUT2D eigenvalue weighted by Gasteiger charge is -2.09. The Hall–Kier alpha value is -1.75. The van der Waals surface area contributed by atoms with Gasteiger partial charge in [0.1, 0.15) is 5.76 Å². The summed E-state index contributed by atoms with van der Waals surface area (Å²) >= 11 is 3.26. The van der Waals surface area contributed by atoms with Crippen LogP contribution in [-0.4, -0.2) is 14.2 Å². The Morgan fingerprint density at radius 3 is 2.39 bits per heavy atom. The van der Waals surface area contributed by atoms with Crippen LogP contribution in [0.5, 0.6) is 11.5 Å². The van der Waals surface area contributed by atoms with Gasteiger partial charge in [0.05, 0.1) is 14.2 Å². The van der Waals surface area contributed by atoms with Gasteiger partial charge in [-0.3, -0.25) is 0 Å². The average Bonchev–Trinajstić information content (AvgIpc) is 2.36. The molecule has 5 heteroatoms. The smallest absolute Gasteiger partial charge is 0.337 e.